The number of nitrogens with one attached hydrogen (secondary N) is 1. The fraction of sp³-hybridized carbons (Fsp3) is 0.320. The number of nitrogens with two attached hydrogens (primary N) is 1. The molecule has 0 bridgehead atoms. The molecule has 30 heavy (non-hydrogen) atoms. The maximum absolute atomic E-state index is 12.9. The highest BCUT2D eigenvalue weighted by molar-refractivity contribution is 5.77. The second kappa shape index (κ2) is 9.74. The molecule has 5 nitrogen and oxygen atoms in total. The number of furan rings is 1. The van der Waals surface area contributed by atoms with Crippen molar-refractivity contribution in [1.82, 2.24) is 4.90 Å². The van der Waals surface area contributed by atoms with E-state index in [1.807, 2.05) is 35.2 Å². The van der Waals surface area contributed by atoms with Gasteiger partial charge in [-0.3, -0.25) is 4.79 Å². The summed E-state index contributed by atoms with van der Waals surface area (Å²) in [6, 6.07) is 22.7. The van der Waals surface area contributed by atoms with Gasteiger partial charge in [-0.2, -0.15) is 0 Å². The van der Waals surface area contributed by atoms with Crippen LogP contribution in [0.2, 0.25) is 0 Å². The lowest BCUT2D eigenvalue weighted by atomic mass is 10.0. The first kappa shape index (κ1) is 20.4. The number of aryl methyl sites for hydroxylation is 1. The van der Waals surface area contributed by atoms with E-state index in [9.17, 15) is 4.79 Å². The molecule has 2 aromatic carbocycles. The lowest BCUT2D eigenvalue weighted by Crippen LogP contribution is -3.13. The summed E-state index contributed by atoms with van der Waals surface area (Å²) < 4.78 is 5.65. The van der Waals surface area contributed by atoms with E-state index in [0.29, 0.717) is 6.54 Å². The number of nitrogens with zero attached hydrogens (tertiary/aromatic N) is 1. The van der Waals surface area contributed by atoms with E-state index >= 15 is 0 Å². The summed E-state index contributed by atoms with van der Waals surface area (Å²) in [4.78, 5) is 16.4. The molecular weight excluding hydrogens is 374 g/mol. The Bertz CT molecular complexity index is 932. The number of hydrogen-bond donors (Lipinski definition) is 2. The summed E-state index contributed by atoms with van der Waals surface area (Å²) in [6.07, 6.45) is 1.69. The SMILES string of the molecule is Cc1ccccc1C[NH+]1CCN(C(=O)C[NH2+][C@@H](c2ccccc2)c2ccco2)CC1. The molecule has 0 saturated carbocycles. The molecule has 1 saturated heterocycles. The molecule has 1 amide bonds. The zero-order valence-electron chi connectivity index (χ0n) is 17.6. The average molecular weight is 406 g/mol. The van der Waals surface area contributed by atoms with Crippen molar-refractivity contribution in [3.05, 3.63) is 95.4 Å². The molecule has 3 N–H and O–H groups in total. The van der Waals surface area contributed by atoms with Gasteiger partial charge in [0, 0.05) is 11.1 Å². The molecule has 156 valence electrons. The number of quaternary nitrogens is 2. The third-order valence-electron chi connectivity index (χ3n) is 6.06. The smallest absolute Gasteiger partial charge is 0.278 e. The quantitative estimate of drug-likeness (QED) is 0.620. The van der Waals surface area contributed by atoms with Gasteiger partial charge in [-0.25, -0.2) is 0 Å². The lowest BCUT2D eigenvalue weighted by molar-refractivity contribution is -0.917. The van der Waals surface area contributed by atoms with Gasteiger partial charge in [0.2, 0.25) is 0 Å². The summed E-state index contributed by atoms with van der Waals surface area (Å²) in [6.45, 7) is 7.28. The molecule has 1 fully saturated rings. The first-order valence-electron chi connectivity index (χ1n) is 10.8. The maximum atomic E-state index is 12.9. The van der Waals surface area contributed by atoms with E-state index in [0.717, 1.165) is 44.0 Å². The number of carbonyl (C=O) groups is 1. The zero-order valence-corrected chi connectivity index (χ0v) is 17.6. The number of carbonyl (C=O) groups excluding carboxylic acids is 1. The van der Waals surface area contributed by atoms with Gasteiger partial charge < -0.3 is 19.5 Å². The van der Waals surface area contributed by atoms with Gasteiger partial charge in [0.25, 0.3) is 5.91 Å². The van der Waals surface area contributed by atoms with E-state index in [4.69, 9.17) is 4.42 Å². The van der Waals surface area contributed by atoms with Crippen LogP contribution in [0, 0.1) is 6.92 Å². The van der Waals surface area contributed by atoms with Crippen LogP contribution in [0.5, 0.6) is 0 Å². The van der Waals surface area contributed by atoms with Crippen molar-refractivity contribution >= 4 is 5.91 Å². The zero-order chi connectivity index (χ0) is 20.8. The molecule has 2 heterocycles. The molecule has 5 heteroatoms. The molecule has 0 aliphatic carbocycles. The summed E-state index contributed by atoms with van der Waals surface area (Å²) in [7, 11) is 0. The number of amides is 1. The van der Waals surface area contributed by atoms with Gasteiger partial charge in [-0.1, -0.05) is 54.6 Å². The number of rotatable bonds is 7. The minimum absolute atomic E-state index is 0.00174. The average Bonchev–Trinajstić information content (AvgIpc) is 3.31. The Balaban J connectivity index is 1.30. The molecule has 1 atom stereocenters. The molecule has 1 aliphatic rings. The van der Waals surface area contributed by atoms with E-state index in [-0.39, 0.29) is 11.9 Å². The predicted molar refractivity (Wildman–Crippen MR) is 116 cm³/mol. The second-order valence-corrected chi connectivity index (χ2v) is 8.08. The Labute approximate surface area is 178 Å². The van der Waals surface area contributed by atoms with Crippen molar-refractivity contribution in [2.45, 2.75) is 19.5 Å². The van der Waals surface area contributed by atoms with Crippen molar-refractivity contribution < 1.29 is 19.4 Å². The van der Waals surface area contributed by atoms with Crippen molar-refractivity contribution in [2.75, 3.05) is 32.7 Å². The van der Waals surface area contributed by atoms with Gasteiger partial charge in [0.1, 0.15) is 6.54 Å². The Morgan fingerprint density at radius 2 is 1.77 bits per heavy atom. The lowest BCUT2D eigenvalue weighted by Gasteiger charge is -2.32. The minimum Gasteiger partial charge on any atom is -0.463 e. The van der Waals surface area contributed by atoms with Crippen molar-refractivity contribution in [1.29, 1.82) is 0 Å². The number of hydrogen-bond acceptors (Lipinski definition) is 2. The van der Waals surface area contributed by atoms with Crippen LogP contribution >= 0.6 is 0 Å². The van der Waals surface area contributed by atoms with Gasteiger partial charge in [0.05, 0.1) is 32.4 Å². The van der Waals surface area contributed by atoms with E-state index < -0.39 is 0 Å². The summed E-state index contributed by atoms with van der Waals surface area (Å²) in [5.74, 6) is 1.08. The Kier molecular flexibility index (Phi) is 6.62. The van der Waals surface area contributed by atoms with Crippen LogP contribution in [-0.2, 0) is 11.3 Å². The monoisotopic (exact) mass is 405 g/mol. The van der Waals surface area contributed by atoms with E-state index in [2.05, 4.69) is 48.6 Å². The second-order valence-electron chi connectivity index (χ2n) is 8.08. The van der Waals surface area contributed by atoms with E-state index in [1.54, 1.807) is 11.2 Å². The van der Waals surface area contributed by atoms with Crippen molar-refractivity contribution in [3.8, 4) is 0 Å². The third-order valence-corrected chi connectivity index (χ3v) is 6.06. The van der Waals surface area contributed by atoms with Crippen LogP contribution in [0.4, 0.5) is 0 Å². The van der Waals surface area contributed by atoms with Gasteiger partial charge in [-0.15, -0.1) is 0 Å². The van der Waals surface area contributed by atoms with Crippen molar-refractivity contribution in [3.63, 3.8) is 0 Å². The Hall–Kier alpha value is -2.89. The van der Waals surface area contributed by atoms with Crippen LogP contribution in [0.1, 0.15) is 28.5 Å². The molecule has 0 spiro atoms. The third kappa shape index (κ3) is 4.99. The van der Waals surface area contributed by atoms with Crippen LogP contribution in [0.25, 0.3) is 0 Å². The molecule has 0 unspecified atom stereocenters. The Morgan fingerprint density at radius 3 is 2.47 bits per heavy atom. The molecule has 4 rings (SSSR count). The fourth-order valence-electron chi connectivity index (χ4n) is 4.22. The highest BCUT2D eigenvalue weighted by Gasteiger charge is 2.27. The van der Waals surface area contributed by atoms with Crippen LogP contribution < -0.4 is 10.2 Å². The fourth-order valence-corrected chi connectivity index (χ4v) is 4.22. The van der Waals surface area contributed by atoms with Gasteiger partial charge >= 0.3 is 0 Å². The largest absolute Gasteiger partial charge is 0.463 e. The molecule has 1 aromatic heterocycles. The molecule has 3 aromatic rings. The summed E-state index contributed by atoms with van der Waals surface area (Å²) in [5, 5.41) is 2.09. The normalized spacial score (nSPS) is 15.8. The standard InChI is InChI=1S/C25H29N3O2/c1-20-8-5-6-11-22(20)19-27-13-15-28(16-14-27)24(29)18-26-25(23-12-7-17-30-23)21-9-3-2-4-10-21/h2-12,17,25-26H,13-16,18-19H2,1H3/p+2/t25-/m0/s1. The predicted octanol–water partition coefficient (Wildman–Crippen LogP) is 1.17. The number of benzene rings is 2. The first-order valence-corrected chi connectivity index (χ1v) is 10.8. The van der Waals surface area contributed by atoms with Crippen LogP contribution in [-0.4, -0.2) is 43.5 Å². The molecular formula is C25H31N3O2+2. The van der Waals surface area contributed by atoms with Crippen molar-refractivity contribution in [2.24, 2.45) is 0 Å². The van der Waals surface area contributed by atoms with Crippen LogP contribution in [0.3, 0.4) is 0 Å². The van der Waals surface area contributed by atoms with Gasteiger partial charge in [0.15, 0.2) is 18.3 Å². The first-order chi connectivity index (χ1) is 14.7. The summed E-state index contributed by atoms with van der Waals surface area (Å²) >= 11 is 0. The topological polar surface area (TPSA) is 54.5 Å². The highest BCUT2D eigenvalue weighted by atomic mass is 16.3. The van der Waals surface area contributed by atoms with E-state index in [1.165, 1.54) is 11.1 Å². The molecule has 0 radical (unpaired) electrons. The van der Waals surface area contributed by atoms with Crippen LogP contribution in [0.15, 0.2) is 77.4 Å². The number of piperazine rings is 1. The highest BCUT2D eigenvalue weighted by Crippen LogP contribution is 2.18. The minimum atomic E-state index is -0.00174. The summed E-state index contributed by atoms with van der Waals surface area (Å²) in [5.41, 5.74) is 3.90. The van der Waals surface area contributed by atoms with Gasteiger partial charge in [-0.05, 0) is 24.6 Å². The Morgan fingerprint density at radius 1 is 1.03 bits per heavy atom. The maximum Gasteiger partial charge on any atom is 0.278 e. The molecule has 1 aliphatic heterocycles.